The second-order valence-corrected chi connectivity index (χ2v) is 23.7. The van der Waals surface area contributed by atoms with Gasteiger partial charge in [-0.1, -0.05) is 176 Å². The molecule has 426 valence electrons. The molecule has 7 heteroatoms. The van der Waals surface area contributed by atoms with Crippen LogP contribution in [0.15, 0.2) is 310 Å². The van der Waals surface area contributed by atoms with Crippen molar-refractivity contribution in [3.8, 4) is 90.7 Å². The van der Waals surface area contributed by atoms with Crippen LogP contribution in [0.1, 0.15) is 11.1 Å². The molecule has 0 saturated carbocycles. The Hall–Kier alpha value is -12.8. The molecule has 0 saturated heterocycles. The molecule has 0 amide bonds. The van der Waals surface area contributed by atoms with Crippen molar-refractivity contribution < 1.29 is 0 Å². The molecule has 7 nitrogen and oxygen atoms in total. The van der Waals surface area contributed by atoms with Crippen molar-refractivity contribution >= 4 is 87.2 Å². The molecule has 5 heterocycles. The fourth-order valence-electron chi connectivity index (χ4n) is 14.4. The lowest BCUT2D eigenvalue weighted by atomic mass is 9.92. The van der Waals surface area contributed by atoms with E-state index in [0.29, 0.717) is 11.1 Å². The van der Waals surface area contributed by atoms with Gasteiger partial charge < -0.3 is 18.3 Å². The lowest BCUT2D eigenvalue weighted by Crippen LogP contribution is -1.96. The van der Waals surface area contributed by atoms with Gasteiger partial charge >= 0.3 is 0 Å². The summed E-state index contributed by atoms with van der Waals surface area (Å²) < 4.78 is 9.41. The van der Waals surface area contributed by atoms with Gasteiger partial charge in [-0.25, -0.2) is 0 Å². The predicted molar refractivity (Wildman–Crippen MR) is 378 cm³/mol. The van der Waals surface area contributed by atoms with Crippen molar-refractivity contribution in [2.45, 2.75) is 0 Å². The van der Waals surface area contributed by atoms with Gasteiger partial charge in [0.1, 0.15) is 12.1 Å². The highest BCUT2D eigenvalue weighted by molar-refractivity contribution is 6.13. The number of nitrogens with zero attached hydrogens (tertiary/aromatic N) is 7. The molecule has 13 aromatic carbocycles. The maximum atomic E-state index is 10.3. The molecule has 0 aliphatic rings. The molecule has 0 N–H and O–H groups in total. The van der Waals surface area contributed by atoms with E-state index in [-0.39, 0.29) is 0 Å². The van der Waals surface area contributed by atoms with Crippen LogP contribution in [0.3, 0.4) is 0 Å². The third kappa shape index (κ3) is 8.24. The summed E-state index contributed by atoms with van der Waals surface area (Å²) in [6.45, 7) is 0. The summed E-state index contributed by atoms with van der Waals surface area (Å²) in [5.74, 6) is 0. The van der Waals surface area contributed by atoms with E-state index >= 15 is 0 Å². The van der Waals surface area contributed by atoms with Crippen LogP contribution < -0.4 is 0 Å². The van der Waals surface area contributed by atoms with Gasteiger partial charge in [0.2, 0.25) is 0 Å². The lowest BCUT2D eigenvalue weighted by Gasteiger charge is -2.15. The second-order valence-electron chi connectivity index (χ2n) is 23.7. The van der Waals surface area contributed by atoms with Gasteiger partial charge in [-0.2, -0.15) is 10.5 Å². The first-order chi connectivity index (χ1) is 45.5. The zero-order valence-corrected chi connectivity index (χ0v) is 49.6. The Labute approximate surface area is 529 Å². The standard InChI is InChI=1S/C85H51N7/c86-51-61-26-25-60(47-62(61)52-87)73-50-77(57-33-43-66(44-34-57)92-83-24-12-6-18-72(83)75-49-59(36-46-85(75)92)55-29-39-64(40-30-55)90-80-21-9-3-15-69(80)70-16-4-10-22-81(70)90)88-53-76(73)56-31-41-65(42-32-56)91-82-23-11-5-17-71(82)74-48-58(35-45-84(74)91)54-27-37-63(38-28-54)89-78-19-7-1-13-67(78)68-14-2-8-20-79(68)89/h1-50,53H. The van der Waals surface area contributed by atoms with E-state index in [4.69, 9.17) is 4.98 Å². The number of benzene rings is 13. The summed E-state index contributed by atoms with van der Waals surface area (Å²) in [6, 6.07) is 113. The second kappa shape index (κ2) is 20.9. The van der Waals surface area contributed by atoms with Crippen molar-refractivity contribution in [1.29, 1.82) is 10.5 Å². The summed E-state index contributed by atoms with van der Waals surface area (Å²) >= 11 is 0. The first-order valence-electron chi connectivity index (χ1n) is 30.9. The first-order valence-corrected chi connectivity index (χ1v) is 30.9. The number of aromatic nitrogens is 5. The van der Waals surface area contributed by atoms with E-state index in [1.807, 2.05) is 18.3 Å². The number of pyridine rings is 1. The molecule has 0 spiro atoms. The summed E-state index contributed by atoms with van der Waals surface area (Å²) in [7, 11) is 0. The highest BCUT2D eigenvalue weighted by atomic mass is 15.0. The van der Waals surface area contributed by atoms with Crippen LogP contribution >= 0.6 is 0 Å². The number of hydrogen-bond acceptors (Lipinski definition) is 3. The zero-order chi connectivity index (χ0) is 61.0. The third-order valence-electron chi connectivity index (χ3n) is 18.8. The smallest absolute Gasteiger partial charge is 0.101 e. The number of rotatable bonds is 9. The normalized spacial score (nSPS) is 11.7. The van der Waals surface area contributed by atoms with E-state index < -0.39 is 0 Å². The van der Waals surface area contributed by atoms with Crippen LogP contribution in [-0.2, 0) is 0 Å². The largest absolute Gasteiger partial charge is 0.309 e. The van der Waals surface area contributed by atoms with E-state index in [1.54, 1.807) is 6.07 Å². The minimum Gasteiger partial charge on any atom is -0.309 e. The van der Waals surface area contributed by atoms with Gasteiger partial charge in [-0.05, 0) is 166 Å². The number of nitriles is 2. The van der Waals surface area contributed by atoms with Crippen molar-refractivity contribution in [1.82, 2.24) is 23.3 Å². The van der Waals surface area contributed by atoms with E-state index in [1.165, 1.54) is 65.2 Å². The van der Waals surface area contributed by atoms with Gasteiger partial charge in [0.05, 0.1) is 61.0 Å². The SMILES string of the molecule is N#Cc1ccc(-c2cc(-c3ccc(-n4c5ccccc5c5cc(-c6ccc(-n7c8ccccc8c8ccccc87)cc6)ccc54)cc3)ncc2-c2ccc(-n3c4ccccc4c4cc(-c5ccc(-n6c7ccccc7c7ccccc76)cc5)ccc43)cc2)cc1C#N. The Morgan fingerprint density at radius 1 is 0.228 bits per heavy atom. The Morgan fingerprint density at radius 2 is 0.533 bits per heavy atom. The molecule has 0 aliphatic heterocycles. The Balaban J connectivity index is 0.666. The summed E-state index contributed by atoms with van der Waals surface area (Å²) in [6.07, 6.45) is 1.94. The Morgan fingerprint density at radius 3 is 0.902 bits per heavy atom. The Bertz CT molecular complexity index is 6010. The molecule has 0 bridgehead atoms. The van der Waals surface area contributed by atoms with Crippen molar-refractivity contribution in [3.63, 3.8) is 0 Å². The molecule has 18 aromatic rings. The minimum absolute atomic E-state index is 0.326. The van der Waals surface area contributed by atoms with E-state index in [2.05, 4.69) is 316 Å². The van der Waals surface area contributed by atoms with Crippen LogP contribution in [0.4, 0.5) is 0 Å². The summed E-state index contributed by atoms with van der Waals surface area (Å²) in [5, 5.41) is 29.9. The van der Waals surface area contributed by atoms with Crippen molar-refractivity contribution in [3.05, 3.63) is 321 Å². The number of hydrogen-bond donors (Lipinski definition) is 0. The van der Waals surface area contributed by atoms with E-state index in [9.17, 15) is 10.5 Å². The lowest BCUT2D eigenvalue weighted by molar-refractivity contribution is 1.18. The third-order valence-corrected chi connectivity index (χ3v) is 18.8. The molecular formula is C85H51N7. The molecule has 0 radical (unpaired) electrons. The number of para-hydroxylation sites is 6. The Kier molecular flexibility index (Phi) is 11.9. The van der Waals surface area contributed by atoms with Crippen LogP contribution in [0.25, 0.3) is 166 Å². The fraction of sp³-hybridized carbons (Fsp3) is 0. The molecule has 0 unspecified atom stereocenters. The highest BCUT2D eigenvalue weighted by Crippen LogP contribution is 2.42. The van der Waals surface area contributed by atoms with Gasteiger partial charge in [-0.3, -0.25) is 4.98 Å². The maximum absolute atomic E-state index is 10.3. The highest BCUT2D eigenvalue weighted by Gasteiger charge is 2.20. The van der Waals surface area contributed by atoms with Gasteiger partial charge in [-0.15, -0.1) is 0 Å². The molecule has 92 heavy (non-hydrogen) atoms. The quantitative estimate of drug-likeness (QED) is 0.144. The van der Waals surface area contributed by atoms with E-state index in [0.717, 1.165) is 101 Å². The zero-order valence-electron chi connectivity index (χ0n) is 49.6. The van der Waals surface area contributed by atoms with Crippen molar-refractivity contribution in [2.24, 2.45) is 0 Å². The fourth-order valence-corrected chi connectivity index (χ4v) is 14.4. The van der Waals surface area contributed by atoms with Crippen LogP contribution in [-0.4, -0.2) is 23.3 Å². The van der Waals surface area contributed by atoms with Crippen LogP contribution in [0.5, 0.6) is 0 Å². The maximum Gasteiger partial charge on any atom is 0.101 e. The molecule has 0 atom stereocenters. The van der Waals surface area contributed by atoms with Crippen molar-refractivity contribution in [2.75, 3.05) is 0 Å². The molecule has 5 aromatic heterocycles. The summed E-state index contributed by atoms with van der Waals surface area (Å²) in [4.78, 5) is 5.16. The molecule has 0 aliphatic carbocycles. The molecule has 0 fully saturated rings. The van der Waals surface area contributed by atoms with Gasteiger partial charge in [0, 0.05) is 83.2 Å². The van der Waals surface area contributed by atoms with Gasteiger partial charge in [0.25, 0.3) is 0 Å². The monoisotopic (exact) mass is 1170 g/mol. The topological polar surface area (TPSA) is 80.2 Å². The molecular weight excluding hydrogens is 1120 g/mol. The van der Waals surface area contributed by atoms with Crippen LogP contribution in [0.2, 0.25) is 0 Å². The average Bonchev–Trinajstić information content (AvgIpc) is 1.81. The predicted octanol–water partition coefficient (Wildman–Crippen LogP) is 21.5. The van der Waals surface area contributed by atoms with Gasteiger partial charge in [0.15, 0.2) is 0 Å². The average molecular weight is 1170 g/mol. The molecule has 18 rings (SSSR count). The number of fused-ring (bicyclic) bond motifs is 12. The first kappa shape index (κ1) is 52.3. The summed E-state index contributed by atoms with van der Waals surface area (Å²) in [5.41, 5.74) is 24.2. The minimum atomic E-state index is 0.326. The van der Waals surface area contributed by atoms with Crippen LogP contribution in [0, 0.1) is 22.7 Å².